The predicted molar refractivity (Wildman–Crippen MR) is 69.7 cm³/mol. The number of carboxylic acids is 1. The molecule has 1 aliphatic carbocycles. The monoisotopic (exact) mass is 257 g/mol. The van der Waals surface area contributed by atoms with Crippen LogP contribution in [-0.2, 0) is 12.8 Å². The van der Waals surface area contributed by atoms with Gasteiger partial charge >= 0.3 is 5.97 Å². The first-order valence-corrected chi connectivity index (χ1v) is 6.44. The van der Waals surface area contributed by atoms with Crippen LogP contribution in [0.25, 0.3) is 5.82 Å². The van der Waals surface area contributed by atoms with Crippen molar-refractivity contribution in [2.24, 2.45) is 0 Å². The smallest absolute Gasteiger partial charge is 0.356 e. The van der Waals surface area contributed by atoms with Gasteiger partial charge in [-0.1, -0.05) is 0 Å². The van der Waals surface area contributed by atoms with Crippen molar-refractivity contribution in [1.29, 1.82) is 0 Å². The number of carbonyl (C=O) groups is 1. The molecular weight excluding hydrogens is 242 g/mol. The number of carboxylic acid groups (broad SMARTS) is 1. The minimum absolute atomic E-state index is 0.179. The Hall–Kier alpha value is -2.17. The highest BCUT2D eigenvalue weighted by molar-refractivity contribution is 5.87. The molecule has 0 aromatic carbocycles. The van der Waals surface area contributed by atoms with Crippen molar-refractivity contribution in [3.63, 3.8) is 0 Å². The summed E-state index contributed by atoms with van der Waals surface area (Å²) in [6.07, 6.45) is 5.49. The van der Waals surface area contributed by atoms with Crippen molar-refractivity contribution in [2.75, 3.05) is 0 Å². The second kappa shape index (κ2) is 4.50. The zero-order valence-electron chi connectivity index (χ0n) is 10.8. The predicted octanol–water partition coefficient (Wildman–Crippen LogP) is 2.15. The van der Waals surface area contributed by atoms with E-state index in [-0.39, 0.29) is 5.69 Å². The molecule has 0 radical (unpaired) electrons. The maximum Gasteiger partial charge on any atom is 0.356 e. The number of aromatic nitrogens is 3. The molecule has 0 spiro atoms. The molecular formula is C14H15N3O2. The average molecular weight is 257 g/mol. The summed E-state index contributed by atoms with van der Waals surface area (Å²) in [5.41, 5.74) is 3.14. The molecule has 0 bridgehead atoms. The summed E-state index contributed by atoms with van der Waals surface area (Å²) in [6, 6.07) is 3.84. The molecule has 19 heavy (non-hydrogen) atoms. The van der Waals surface area contributed by atoms with Crippen molar-refractivity contribution in [2.45, 2.75) is 32.6 Å². The van der Waals surface area contributed by atoms with Gasteiger partial charge in [0.05, 0.1) is 5.69 Å². The summed E-state index contributed by atoms with van der Waals surface area (Å²) >= 11 is 0. The summed E-state index contributed by atoms with van der Waals surface area (Å²) in [7, 11) is 0. The van der Waals surface area contributed by atoms with E-state index in [1.165, 1.54) is 0 Å². The van der Waals surface area contributed by atoms with E-state index in [0.717, 1.165) is 42.5 Å². The lowest BCUT2D eigenvalue weighted by molar-refractivity contribution is 0.0688. The van der Waals surface area contributed by atoms with Gasteiger partial charge in [0.2, 0.25) is 0 Å². The molecule has 0 amide bonds. The van der Waals surface area contributed by atoms with Crippen molar-refractivity contribution >= 4 is 5.97 Å². The topological polar surface area (TPSA) is 68.0 Å². The molecule has 5 nitrogen and oxygen atoms in total. The van der Waals surface area contributed by atoms with Gasteiger partial charge in [-0.15, -0.1) is 0 Å². The molecule has 5 heteroatoms. The molecule has 1 N–H and O–H groups in total. The second-order valence-electron chi connectivity index (χ2n) is 4.89. The Kier molecular flexibility index (Phi) is 2.81. The molecule has 2 aromatic rings. The molecule has 0 saturated carbocycles. The lowest BCUT2D eigenvalue weighted by Gasteiger charge is -2.13. The van der Waals surface area contributed by atoms with Crippen LogP contribution in [0.2, 0.25) is 0 Å². The third-order valence-electron chi connectivity index (χ3n) is 3.50. The highest BCUT2D eigenvalue weighted by atomic mass is 16.4. The van der Waals surface area contributed by atoms with Crippen LogP contribution in [0, 0.1) is 6.92 Å². The first-order chi connectivity index (χ1) is 9.16. The third-order valence-corrected chi connectivity index (χ3v) is 3.50. The second-order valence-corrected chi connectivity index (χ2v) is 4.89. The summed E-state index contributed by atoms with van der Waals surface area (Å²) in [5, 5.41) is 13.5. The molecule has 0 saturated heterocycles. The first-order valence-electron chi connectivity index (χ1n) is 6.44. The Balaban J connectivity index is 2.19. The maximum atomic E-state index is 11.3. The van der Waals surface area contributed by atoms with E-state index >= 15 is 0 Å². The lowest BCUT2D eigenvalue weighted by atomic mass is 9.95. The molecule has 2 heterocycles. The Morgan fingerprint density at radius 3 is 2.89 bits per heavy atom. The van der Waals surface area contributed by atoms with Crippen LogP contribution in [0.5, 0.6) is 0 Å². The summed E-state index contributed by atoms with van der Waals surface area (Å²) in [6.45, 7) is 1.99. The van der Waals surface area contributed by atoms with Crippen LogP contribution in [0.3, 0.4) is 0 Å². The molecule has 1 aliphatic rings. The number of aromatic carboxylic acids is 1. The van der Waals surface area contributed by atoms with Crippen LogP contribution < -0.4 is 0 Å². The van der Waals surface area contributed by atoms with E-state index in [2.05, 4.69) is 10.1 Å². The van der Waals surface area contributed by atoms with Gasteiger partial charge in [0.15, 0.2) is 11.5 Å². The molecule has 2 aromatic heterocycles. The Morgan fingerprint density at radius 1 is 1.37 bits per heavy atom. The van der Waals surface area contributed by atoms with Crippen LogP contribution in [0.4, 0.5) is 0 Å². The summed E-state index contributed by atoms with van der Waals surface area (Å²) in [4.78, 5) is 15.6. The fourth-order valence-corrected chi connectivity index (χ4v) is 2.60. The number of fused-ring (bicyclic) bond motifs is 1. The van der Waals surface area contributed by atoms with Gasteiger partial charge in [-0.05, 0) is 50.3 Å². The maximum absolute atomic E-state index is 11.3. The SMILES string of the molecule is Cc1ccnc(-n2nc(C(=O)O)c3c2CCCC3)c1. The van der Waals surface area contributed by atoms with Gasteiger partial charge in [0.25, 0.3) is 0 Å². The number of nitrogens with zero attached hydrogens (tertiary/aromatic N) is 3. The van der Waals surface area contributed by atoms with E-state index in [1.54, 1.807) is 10.9 Å². The van der Waals surface area contributed by atoms with Crippen LogP contribution in [-0.4, -0.2) is 25.8 Å². The van der Waals surface area contributed by atoms with Gasteiger partial charge < -0.3 is 5.11 Å². The highest BCUT2D eigenvalue weighted by Gasteiger charge is 2.25. The van der Waals surface area contributed by atoms with Gasteiger partial charge in [-0.25, -0.2) is 14.5 Å². The Morgan fingerprint density at radius 2 is 2.16 bits per heavy atom. The Bertz CT molecular complexity index is 646. The van der Waals surface area contributed by atoms with Crippen molar-refractivity contribution in [1.82, 2.24) is 14.8 Å². The standard InChI is InChI=1S/C14H15N3O2/c1-9-6-7-15-12(8-9)17-11-5-3-2-4-10(11)13(16-17)14(18)19/h6-8H,2-5H2,1H3,(H,18,19). The fourth-order valence-electron chi connectivity index (χ4n) is 2.60. The zero-order valence-corrected chi connectivity index (χ0v) is 10.8. The van der Waals surface area contributed by atoms with Gasteiger partial charge in [-0.3, -0.25) is 0 Å². The largest absolute Gasteiger partial charge is 0.476 e. The minimum Gasteiger partial charge on any atom is -0.476 e. The van der Waals surface area contributed by atoms with E-state index < -0.39 is 5.97 Å². The number of rotatable bonds is 2. The zero-order chi connectivity index (χ0) is 13.4. The quantitative estimate of drug-likeness (QED) is 0.895. The molecule has 3 rings (SSSR count). The van der Waals surface area contributed by atoms with E-state index in [4.69, 9.17) is 0 Å². The Labute approximate surface area is 110 Å². The highest BCUT2D eigenvalue weighted by Crippen LogP contribution is 2.26. The number of hydrogen-bond donors (Lipinski definition) is 1. The van der Waals surface area contributed by atoms with Crippen LogP contribution in [0.15, 0.2) is 18.3 Å². The van der Waals surface area contributed by atoms with Gasteiger partial charge in [0, 0.05) is 11.8 Å². The lowest BCUT2D eigenvalue weighted by Crippen LogP contribution is -2.09. The number of pyridine rings is 1. The first kappa shape index (κ1) is 11.9. The van der Waals surface area contributed by atoms with E-state index in [9.17, 15) is 9.90 Å². The average Bonchev–Trinajstić information content (AvgIpc) is 2.78. The number of hydrogen-bond acceptors (Lipinski definition) is 3. The molecule has 98 valence electrons. The number of aryl methyl sites for hydroxylation is 1. The van der Waals surface area contributed by atoms with Crippen LogP contribution in [0.1, 0.15) is 40.2 Å². The molecule has 0 aliphatic heterocycles. The molecule has 0 unspecified atom stereocenters. The van der Waals surface area contributed by atoms with Crippen LogP contribution >= 0.6 is 0 Å². The minimum atomic E-state index is -0.954. The molecule has 0 fully saturated rings. The third kappa shape index (κ3) is 2.01. The van der Waals surface area contributed by atoms with Crippen molar-refractivity contribution in [3.8, 4) is 5.82 Å². The van der Waals surface area contributed by atoms with Gasteiger partial charge in [0.1, 0.15) is 0 Å². The van der Waals surface area contributed by atoms with Crippen molar-refractivity contribution in [3.05, 3.63) is 40.8 Å². The van der Waals surface area contributed by atoms with E-state index in [1.807, 2.05) is 19.1 Å². The van der Waals surface area contributed by atoms with E-state index in [0.29, 0.717) is 5.82 Å². The summed E-state index contributed by atoms with van der Waals surface area (Å²) < 4.78 is 1.70. The van der Waals surface area contributed by atoms with Gasteiger partial charge in [-0.2, -0.15) is 5.10 Å². The fraction of sp³-hybridized carbons (Fsp3) is 0.357. The summed E-state index contributed by atoms with van der Waals surface area (Å²) in [5.74, 6) is -0.254. The van der Waals surface area contributed by atoms with Crippen molar-refractivity contribution < 1.29 is 9.90 Å². The molecule has 0 atom stereocenters. The normalized spacial score (nSPS) is 14.2.